The molecule has 1 aromatic carbocycles. The highest BCUT2D eigenvalue weighted by atomic mass is 35.5. The van der Waals surface area contributed by atoms with Crippen LogP contribution in [-0.2, 0) is 13.2 Å². The van der Waals surface area contributed by atoms with Crippen LogP contribution in [0.4, 0.5) is 5.69 Å². The zero-order valence-electron chi connectivity index (χ0n) is 8.83. The zero-order chi connectivity index (χ0) is 12.3. The number of nitrogens with one attached hydrogen (secondary N) is 3. The van der Waals surface area contributed by atoms with Gasteiger partial charge in [-0.1, -0.05) is 17.7 Å². The molecular weight excluding hydrogens is 244 g/mol. The predicted octanol–water partition coefficient (Wildman–Crippen LogP) is 0.856. The zero-order valence-corrected chi connectivity index (χ0v) is 9.58. The van der Waals surface area contributed by atoms with Gasteiger partial charge in [0.2, 0.25) is 0 Å². The van der Waals surface area contributed by atoms with Crippen LogP contribution in [0.25, 0.3) is 0 Å². The minimum Gasteiger partial charge on any atom is -0.392 e. The van der Waals surface area contributed by atoms with E-state index in [0.29, 0.717) is 23.1 Å². The van der Waals surface area contributed by atoms with Gasteiger partial charge in [-0.3, -0.25) is 4.98 Å². The van der Waals surface area contributed by atoms with Crippen LogP contribution in [0, 0.1) is 0 Å². The van der Waals surface area contributed by atoms with Gasteiger partial charge in [0.15, 0.2) is 0 Å². The number of aliphatic hydroxyl groups excluding tert-OH is 1. The summed E-state index contributed by atoms with van der Waals surface area (Å²) in [6.45, 7) is 0.290. The number of anilines is 1. The lowest BCUT2D eigenvalue weighted by atomic mass is 10.2. The van der Waals surface area contributed by atoms with Crippen molar-refractivity contribution >= 4 is 17.3 Å². The Bertz CT molecular complexity index is 563. The Morgan fingerprint density at radius 1 is 1.47 bits per heavy atom. The van der Waals surface area contributed by atoms with E-state index in [0.717, 1.165) is 5.56 Å². The first-order valence-corrected chi connectivity index (χ1v) is 5.33. The predicted molar refractivity (Wildman–Crippen MR) is 63.9 cm³/mol. The fourth-order valence-corrected chi connectivity index (χ4v) is 1.56. The Hall–Kier alpha value is -1.79. The maximum atomic E-state index is 10.8. The number of halogens is 1. The number of H-pyrrole nitrogens is 2. The van der Waals surface area contributed by atoms with Gasteiger partial charge in [-0.25, -0.2) is 9.89 Å². The van der Waals surface area contributed by atoms with Crippen molar-refractivity contribution in [2.75, 3.05) is 5.32 Å². The highest BCUT2D eigenvalue weighted by molar-refractivity contribution is 6.33. The summed E-state index contributed by atoms with van der Waals surface area (Å²) in [5.41, 5.74) is 1.09. The van der Waals surface area contributed by atoms with Crippen LogP contribution in [-0.4, -0.2) is 20.3 Å². The number of aliphatic hydroxyl groups is 1. The molecule has 0 aliphatic carbocycles. The second-order valence-electron chi connectivity index (χ2n) is 3.45. The second-order valence-corrected chi connectivity index (χ2v) is 3.86. The molecular formula is C10H11ClN4O2. The first kappa shape index (κ1) is 11.7. The summed E-state index contributed by atoms with van der Waals surface area (Å²) >= 11 is 5.98. The standard InChI is InChI=1S/C10H11ClN4O2/c11-7-2-1-6(5-16)3-8(7)12-4-9-13-10(17)15-14-9/h1-3,12,16H,4-5H2,(H2,13,14,15,17). The molecule has 7 heteroatoms. The summed E-state index contributed by atoms with van der Waals surface area (Å²) in [7, 11) is 0. The second kappa shape index (κ2) is 5.03. The highest BCUT2D eigenvalue weighted by Crippen LogP contribution is 2.23. The molecule has 0 bridgehead atoms. The van der Waals surface area contributed by atoms with Gasteiger partial charge in [0, 0.05) is 0 Å². The molecule has 90 valence electrons. The third-order valence-electron chi connectivity index (χ3n) is 2.21. The number of hydrogen-bond donors (Lipinski definition) is 4. The van der Waals surface area contributed by atoms with Crippen LogP contribution in [0.15, 0.2) is 23.0 Å². The highest BCUT2D eigenvalue weighted by Gasteiger charge is 2.03. The van der Waals surface area contributed by atoms with Crippen molar-refractivity contribution < 1.29 is 5.11 Å². The fourth-order valence-electron chi connectivity index (χ4n) is 1.37. The number of rotatable bonds is 4. The molecule has 0 radical (unpaired) electrons. The summed E-state index contributed by atoms with van der Waals surface area (Å²) in [5.74, 6) is 0.487. The van der Waals surface area contributed by atoms with Crippen LogP contribution in [0.2, 0.25) is 5.02 Å². The lowest BCUT2D eigenvalue weighted by molar-refractivity contribution is 0.282. The molecule has 1 heterocycles. The van der Waals surface area contributed by atoms with E-state index >= 15 is 0 Å². The van der Waals surface area contributed by atoms with E-state index in [-0.39, 0.29) is 12.3 Å². The van der Waals surface area contributed by atoms with Gasteiger partial charge in [-0.05, 0) is 17.7 Å². The van der Waals surface area contributed by atoms with Crippen molar-refractivity contribution in [3.63, 3.8) is 0 Å². The van der Waals surface area contributed by atoms with Gasteiger partial charge < -0.3 is 10.4 Å². The van der Waals surface area contributed by atoms with Gasteiger partial charge in [-0.15, -0.1) is 0 Å². The van der Waals surface area contributed by atoms with Gasteiger partial charge in [-0.2, -0.15) is 5.10 Å². The molecule has 0 spiro atoms. The van der Waals surface area contributed by atoms with E-state index in [4.69, 9.17) is 16.7 Å². The normalized spacial score (nSPS) is 10.5. The third kappa shape index (κ3) is 2.86. The van der Waals surface area contributed by atoms with Crippen LogP contribution in [0.3, 0.4) is 0 Å². The molecule has 0 unspecified atom stereocenters. The average Bonchev–Trinajstić information content (AvgIpc) is 2.74. The molecule has 17 heavy (non-hydrogen) atoms. The topological polar surface area (TPSA) is 93.8 Å². The van der Waals surface area contributed by atoms with E-state index in [1.54, 1.807) is 18.2 Å². The van der Waals surface area contributed by atoms with Crippen LogP contribution in [0.5, 0.6) is 0 Å². The molecule has 0 saturated heterocycles. The molecule has 0 aliphatic rings. The van der Waals surface area contributed by atoms with Crippen LogP contribution >= 0.6 is 11.6 Å². The van der Waals surface area contributed by atoms with Gasteiger partial charge in [0.1, 0.15) is 5.82 Å². The molecule has 0 saturated carbocycles. The lowest BCUT2D eigenvalue weighted by Crippen LogP contribution is -2.05. The average molecular weight is 255 g/mol. The summed E-state index contributed by atoms with van der Waals surface area (Å²) in [4.78, 5) is 13.3. The van der Waals surface area contributed by atoms with Crippen LogP contribution in [0.1, 0.15) is 11.4 Å². The molecule has 0 aliphatic heterocycles. The van der Waals surface area contributed by atoms with E-state index in [1.165, 1.54) is 0 Å². The number of aromatic amines is 2. The van der Waals surface area contributed by atoms with Crippen molar-refractivity contribution in [3.05, 3.63) is 45.1 Å². The molecule has 2 rings (SSSR count). The van der Waals surface area contributed by atoms with Crippen molar-refractivity contribution in [2.45, 2.75) is 13.2 Å². The largest absolute Gasteiger partial charge is 0.392 e. The summed E-state index contributed by atoms with van der Waals surface area (Å²) < 4.78 is 0. The number of aromatic nitrogens is 3. The van der Waals surface area contributed by atoms with Gasteiger partial charge in [0.25, 0.3) is 0 Å². The molecule has 0 atom stereocenters. The Morgan fingerprint density at radius 2 is 2.29 bits per heavy atom. The SMILES string of the molecule is O=c1[nH]nc(CNc2cc(CO)ccc2Cl)[nH]1. The van der Waals surface area contributed by atoms with E-state index in [2.05, 4.69) is 20.5 Å². The van der Waals surface area contributed by atoms with E-state index < -0.39 is 0 Å². The van der Waals surface area contributed by atoms with Crippen molar-refractivity contribution in [2.24, 2.45) is 0 Å². The van der Waals surface area contributed by atoms with Crippen LogP contribution < -0.4 is 11.0 Å². The maximum absolute atomic E-state index is 10.8. The van der Waals surface area contributed by atoms with Crippen molar-refractivity contribution in [1.29, 1.82) is 0 Å². The number of nitrogens with zero attached hydrogens (tertiary/aromatic N) is 1. The Balaban J connectivity index is 2.10. The molecule has 2 aromatic rings. The molecule has 6 nitrogen and oxygen atoms in total. The lowest BCUT2D eigenvalue weighted by Gasteiger charge is -2.08. The summed E-state index contributed by atoms with van der Waals surface area (Å²) in [6, 6.07) is 5.18. The maximum Gasteiger partial charge on any atom is 0.340 e. The minimum atomic E-state index is -0.350. The van der Waals surface area contributed by atoms with Gasteiger partial charge >= 0.3 is 5.69 Å². The molecule has 4 N–H and O–H groups in total. The summed E-state index contributed by atoms with van der Waals surface area (Å²) in [6.07, 6.45) is 0. The number of hydrogen-bond acceptors (Lipinski definition) is 4. The van der Waals surface area contributed by atoms with Crippen molar-refractivity contribution in [3.8, 4) is 0 Å². The first-order valence-electron chi connectivity index (χ1n) is 4.96. The van der Waals surface area contributed by atoms with Crippen molar-refractivity contribution in [1.82, 2.24) is 15.2 Å². The van der Waals surface area contributed by atoms with Gasteiger partial charge in [0.05, 0.1) is 23.9 Å². The third-order valence-corrected chi connectivity index (χ3v) is 2.54. The van der Waals surface area contributed by atoms with E-state index in [1.807, 2.05) is 0 Å². The quantitative estimate of drug-likeness (QED) is 0.651. The molecule has 0 fully saturated rings. The Kier molecular flexibility index (Phi) is 3.46. The Labute approximate surface area is 102 Å². The fraction of sp³-hybridized carbons (Fsp3) is 0.200. The Morgan fingerprint density at radius 3 is 2.94 bits per heavy atom. The molecule has 0 amide bonds. The first-order chi connectivity index (χ1) is 8.19. The smallest absolute Gasteiger partial charge is 0.340 e. The number of benzene rings is 1. The van der Waals surface area contributed by atoms with E-state index in [9.17, 15) is 4.79 Å². The minimum absolute atomic E-state index is 0.0505. The monoisotopic (exact) mass is 254 g/mol. The molecule has 1 aromatic heterocycles. The summed E-state index contributed by atoms with van der Waals surface area (Å²) in [5, 5.41) is 18.6.